The van der Waals surface area contributed by atoms with Crippen LogP contribution in [0.15, 0.2) is 53.8 Å². The maximum atomic E-state index is 6.10. The van der Waals surface area contributed by atoms with E-state index in [-0.39, 0.29) is 24.0 Å². The van der Waals surface area contributed by atoms with Gasteiger partial charge in [-0.2, -0.15) is 0 Å². The second-order valence-corrected chi connectivity index (χ2v) is 7.92. The number of halogens is 1. The highest BCUT2D eigenvalue weighted by Gasteiger charge is 2.11. The number of nitrogens with zero attached hydrogens (tertiary/aromatic N) is 3. The average molecular weight is 567 g/mol. The van der Waals surface area contributed by atoms with Gasteiger partial charge in [-0.15, -0.1) is 35.3 Å². The monoisotopic (exact) mass is 567 g/mol. The summed E-state index contributed by atoms with van der Waals surface area (Å²) in [6.07, 6.45) is 5.58. The molecule has 0 saturated heterocycles. The molecule has 0 spiro atoms. The van der Waals surface area contributed by atoms with E-state index >= 15 is 0 Å². The third-order valence-electron chi connectivity index (χ3n) is 4.39. The number of ether oxygens (including phenoxy) is 2. The first-order chi connectivity index (χ1) is 15.2. The molecule has 0 aliphatic heterocycles. The van der Waals surface area contributed by atoms with Crippen LogP contribution in [0.3, 0.4) is 0 Å². The molecule has 2 aromatic heterocycles. The zero-order chi connectivity index (χ0) is 21.9. The Hall–Kier alpha value is -2.40. The van der Waals surface area contributed by atoms with Gasteiger partial charge in [0.25, 0.3) is 0 Å². The molecule has 0 fully saturated rings. The fourth-order valence-corrected chi connectivity index (χ4v) is 3.57. The molecule has 1 aromatic carbocycles. The lowest BCUT2D eigenvalue weighted by Gasteiger charge is -2.15. The summed E-state index contributed by atoms with van der Waals surface area (Å²) < 4.78 is 11.9. The van der Waals surface area contributed by atoms with Gasteiger partial charge in [-0.1, -0.05) is 32.0 Å². The Morgan fingerprint density at radius 2 is 1.81 bits per heavy atom. The molecular formula is C23H30IN5O2S. The second-order valence-electron chi connectivity index (χ2n) is 6.72. The van der Waals surface area contributed by atoms with Gasteiger partial charge in [0.1, 0.15) is 5.01 Å². The highest BCUT2D eigenvalue weighted by Crippen LogP contribution is 2.31. The number of nitrogens with one attached hydrogen (secondary N) is 2. The van der Waals surface area contributed by atoms with Gasteiger partial charge in [0.15, 0.2) is 17.5 Å². The van der Waals surface area contributed by atoms with Crippen LogP contribution in [-0.4, -0.2) is 29.6 Å². The van der Waals surface area contributed by atoms with E-state index in [1.165, 1.54) is 4.88 Å². The van der Waals surface area contributed by atoms with Gasteiger partial charge in [0, 0.05) is 36.4 Å². The largest absolute Gasteiger partial charge is 0.490 e. The van der Waals surface area contributed by atoms with E-state index in [4.69, 9.17) is 9.47 Å². The molecule has 3 aromatic rings. The van der Waals surface area contributed by atoms with Gasteiger partial charge in [-0.25, -0.2) is 9.97 Å². The third kappa shape index (κ3) is 7.63. The minimum atomic E-state index is 0. The van der Waals surface area contributed by atoms with E-state index < -0.39 is 0 Å². The van der Waals surface area contributed by atoms with Crippen LogP contribution < -0.4 is 20.1 Å². The number of thiazole rings is 1. The topological polar surface area (TPSA) is 80.7 Å². The Morgan fingerprint density at radius 3 is 2.53 bits per heavy atom. The van der Waals surface area contributed by atoms with Crippen molar-refractivity contribution in [1.82, 2.24) is 20.6 Å². The molecule has 32 heavy (non-hydrogen) atoms. The first kappa shape index (κ1) is 25.9. The predicted octanol–water partition coefficient (Wildman–Crippen LogP) is 5.16. The first-order valence-corrected chi connectivity index (χ1v) is 11.3. The van der Waals surface area contributed by atoms with E-state index in [2.05, 4.69) is 39.4 Å². The van der Waals surface area contributed by atoms with Gasteiger partial charge >= 0.3 is 0 Å². The average Bonchev–Trinajstić information content (AvgIpc) is 3.27. The van der Waals surface area contributed by atoms with E-state index in [0.29, 0.717) is 43.0 Å². The highest BCUT2D eigenvalue weighted by molar-refractivity contribution is 14.0. The normalized spacial score (nSPS) is 10.9. The number of aliphatic imine (C=N–C) groups is 1. The number of benzene rings is 1. The zero-order valence-corrected chi connectivity index (χ0v) is 21.8. The molecule has 0 saturated carbocycles. The van der Waals surface area contributed by atoms with Crippen LogP contribution in [-0.2, 0) is 19.5 Å². The summed E-state index contributed by atoms with van der Waals surface area (Å²) in [7, 11) is 1.75. The Labute approximate surface area is 210 Å². The molecule has 3 rings (SSSR count). The minimum absolute atomic E-state index is 0. The molecule has 0 amide bonds. The summed E-state index contributed by atoms with van der Waals surface area (Å²) in [6, 6.07) is 11.5. The quantitative estimate of drug-likeness (QED) is 0.200. The second kappa shape index (κ2) is 13.9. The number of para-hydroxylation sites is 2. The maximum Gasteiger partial charge on any atom is 0.224 e. The van der Waals surface area contributed by atoms with Crippen molar-refractivity contribution in [2.24, 2.45) is 4.99 Å². The Bertz CT molecular complexity index is 996. The van der Waals surface area contributed by atoms with Crippen LogP contribution in [0.1, 0.15) is 35.7 Å². The molecule has 2 N–H and O–H groups in total. The zero-order valence-electron chi connectivity index (χ0n) is 18.6. The molecule has 0 radical (unpaired) electrons. The predicted molar refractivity (Wildman–Crippen MR) is 140 cm³/mol. The molecule has 9 heteroatoms. The Kier molecular flexibility index (Phi) is 11.2. The lowest BCUT2D eigenvalue weighted by atomic mass is 10.2. The Balaban J connectivity index is 0.00000363. The molecule has 0 aliphatic carbocycles. The van der Waals surface area contributed by atoms with Gasteiger partial charge in [0.2, 0.25) is 5.88 Å². The van der Waals surface area contributed by atoms with Gasteiger partial charge in [-0.05, 0) is 31.0 Å². The third-order valence-corrected chi connectivity index (χ3v) is 5.54. The summed E-state index contributed by atoms with van der Waals surface area (Å²) in [5.74, 6) is 2.58. The van der Waals surface area contributed by atoms with Crippen LogP contribution in [0.25, 0.3) is 0 Å². The van der Waals surface area contributed by atoms with E-state index in [1.807, 2.05) is 42.6 Å². The fourth-order valence-electron chi connectivity index (χ4n) is 2.77. The van der Waals surface area contributed by atoms with Crippen molar-refractivity contribution in [2.75, 3.05) is 13.7 Å². The number of aromatic nitrogens is 2. The molecule has 0 bridgehead atoms. The SMILES string of the molecule is CCCOc1ccccc1Oc1ncccc1CNC(=NC)NCc1ncc(CC)s1.I. The van der Waals surface area contributed by atoms with Crippen molar-refractivity contribution >= 4 is 41.3 Å². The van der Waals surface area contributed by atoms with Crippen LogP contribution in [0.5, 0.6) is 17.4 Å². The summed E-state index contributed by atoms with van der Waals surface area (Å²) in [5, 5.41) is 7.65. The molecule has 0 unspecified atom stereocenters. The number of hydrogen-bond acceptors (Lipinski definition) is 6. The van der Waals surface area contributed by atoms with Crippen molar-refractivity contribution in [3.05, 3.63) is 64.2 Å². The Morgan fingerprint density at radius 1 is 1.03 bits per heavy atom. The minimum Gasteiger partial charge on any atom is -0.490 e. The molecule has 0 atom stereocenters. The molecule has 172 valence electrons. The number of pyridine rings is 1. The molecule has 2 heterocycles. The highest BCUT2D eigenvalue weighted by atomic mass is 127. The first-order valence-electron chi connectivity index (χ1n) is 10.4. The van der Waals surface area contributed by atoms with Crippen LogP contribution in [0, 0.1) is 0 Å². The van der Waals surface area contributed by atoms with Crippen molar-refractivity contribution < 1.29 is 9.47 Å². The maximum absolute atomic E-state index is 6.10. The summed E-state index contributed by atoms with van der Waals surface area (Å²) in [5.41, 5.74) is 0.915. The molecule has 0 aliphatic rings. The lowest BCUT2D eigenvalue weighted by molar-refractivity contribution is 0.300. The standard InChI is InChI=1S/C23H29N5O2S.HI/c1-4-13-29-19-10-6-7-11-20(19)30-22-17(9-8-12-25-22)14-27-23(24-3)28-16-21-26-15-18(5-2)31-21;/h6-12,15H,4-5,13-14,16H2,1-3H3,(H2,24,27,28);1H. The van der Waals surface area contributed by atoms with Gasteiger partial charge in [-0.3, -0.25) is 4.99 Å². The number of rotatable bonds is 10. The summed E-state index contributed by atoms with van der Waals surface area (Å²) >= 11 is 1.71. The smallest absolute Gasteiger partial charge is 0.224 e. The van der Waals surface area contributed by atoms with Crippen molar-refractivity contribution in [3.8, 4) is 17.4 Å². The van der Waals surface area contributed by atoms with Crippen LogP contribution in [0.4, 0.5) is 0 Å². The van der Waals surface area contributed by atoms with E-state index in [1.54, 1.807) is 24.6 Å². The number of guanidine groups is 1. The van der Waals surface area contributed by atoms with Crippen LogP contribution >= 0.6 is 35.3 Å². The van der Waals surface area contributed by atoms with Gasteiger partial charge in [0.05, 0.1) is 13.2 Å². The fraction of sp³-hybridized carbons (Fsp3) is 0.348. The van der Waals surface area contributed by atoms with E-state index in [9.17, 15) is 0 Å². The van der Waals surface area contributed by atoms with Crippen LogP contribution in [0.2, 0.25) is 0 Å². The van der Waals surface area contributed by atoms with Crippen molar-refractivity contribution in [3.63, 3.8) is 0 Å². The summed E-state index contributed by atoms with van der Waals surface area (Å²) in [4.78, 5) is 14.4. The summed E-state index contributed by atoms with van der Waals surface area (Å²) in [6.45, 7) is 5.98. The van der Waals surface area contributed by atoms with E-state index in [0.717, 1.165) is 23.4 Å². The molecule has 7 nitrogen and oxygen atoms in total. The van der Waals surface area contributed by atoms with Crippen molar-refractivity contribution in [1.29, 1.82) is 0 Å². The van der Waals surface area contributed by atoms with Crippen molar-refractivity contribution in [2.45, 2.75) is 39.8 Å². The number of aryl methyl sites for hydroxylation is 1. The lowest BCUT2D eigenvalue weighted by Crippen LogP contribution is -2.36. The molecular weight excluding hydrogens is 537 g/mol. The number of hydrogen-bond donors (Lipinski definition) is 2. The van der Waals surface area contributed by atoms with Gasteiger partial charge < -0.3 is 20.1 Å².